The Morgan fingerprint density at radius 1 is 0.689 bits per heavy atom. The van der Waals surface area contributed by atoms with Crippen LogP contribution in [-0.4, -0.2) is 9.97 Å². The molecule has 0 saturated carbocycles. The van der Waals surface area contributed by atoms with Gasteiger partial charge in [-0.15, -0.1) is 53.1 Å². The van der Waals surface area contributed by atoms with Crippen LogP contribution in [0, 0.1) is 17.5 Å². The summed E-state index contributed by atoms with van der Waals surface area (Å²) >= 11 is 0. The summed E-state index contributed by atoms with van der Waals surface area (Å²) in [5, 5.41) is 2.25. The molecule has 0 fully saturated rings. The average molecular weight is 771 g/mol. The SMILES string of the molecule is CC(C)(C)c1ccc2c(c1)oc1c(-c3ccccn3)[c-]ccc12.CC1(C)c2c[c-]c(-c3ccccn3)cc2C(C)(C)C1(C)C.[Ir]. The van der Waals surface area contributed by atoms with Gasteiger partial charge in [0.25, 0.3) is 0 Å². The fraction of sp³-hybridized carbons (Fsp3) is 0.317. The van der Waals surface area contributed by atoms with E-state index in [-0.39, 0.29) is 41.8 Å². The van der Waals surface area contributed by atoms with Crippen molar-refractivity contribution >= 4 is 21.9 Å². The Morgan fingerprint density at radius 2 is 1.33 bits per heavy atom. The fourth-order valence-electron chi connectivity index (χ4n) is 6.56. The summed E-state index contributed by atoms with van der Waals surface area (Å²) in [6.45, 7) is 20.8. The maximum absolute atomic E-state index is 6.20. The van der Waals surface area contributed by atoms with E-state index in [1.165, 1.54) is 16.7 Å². The van der Waals surface area contributed by atoms with Crippen molar-refractivity contribution in [2.24, 2.45) is 5.41 Å². The number of rotatable bonds is 2. The number of aromatic nitrogens is 2. The summed E-state index contributed by atoms with van der Waals surface area (Å²) in [6, 6.07) is 33.6. The molecule has 0 saturated heterocycles. The van der Waals surface area contributed by atoms with Crippen molar-refractivity contribution in [3.63, 3.8) is 0 Å². The molecule has 1 aliphatic rings. The molecule has 6 aromatic rings. The Balaban J connectivity index is 0.000000175. The van der Waals surface area contributed by atoms with Crippen LogP contribution in [0.3, 0.4) is 0 Å². The number of benzene rings is 3. The van der Waals surface area contributed by atoms with Gasteiger partial charge in [-0.2, -0.15) is 0 Å². The molecule has 0 unspecified atom stereocenters. The van der Waals surface area contributed by atoms with Crippen LogP contribution in [0.5, 0.6) is 0 Å². The minimum atomic E-state index is 0. The minimum Gasteiger partial charge on any atom is -0.501 e. The van der Waals surface area contributed by atoms with Gasteiger partial charge in [-0.3, -0.25) is 0 Å². The van der Waals surface area contributed by atoms with E-state index in [0.29, 0.717) is 0 Å². The standard InChI is InChI=1S/C21H18NO.C20H24N.Ir/c1-21(2,3)14-10-11-15-16-7-6-8-17(18-9-4-5-12-22-18)20(16)23-19(15)13-14;1-18(2)15-11-10-14(17-9-7-8-12-21-17)13-16(15)19(3,4)20(18,5)6;/h4-7,9-13H,1-3H3;7-9,11-13H,1-6H3;/q2*-1;. The molecule has 3 heterocycles. The summed E-state index contributed by atoms with van der Waals surface area (Å²) in [5.41, 5.74) is 10.4. The molecular weight excluding hydrogens is 729 g/mol. The maximum Gasteiger partial charge on any atom is 0.121 e. The third-order valence-corrected chi connectivity index (χ3v) is 10.6. The van der Waals surface area contributed by atoms with Crippen LogP contribution in [0.25, 0.3) is 44.5 Å². The molecule has 0 N–H and O–H groups in total. The van der Waals surface area contributed by atoms with Crippen molar-refractivity contribution in [3.05, 3.63) is 120 Å². The van der Waals surface area contributed by atoms with Gasteiger partial charge < -0.3 is 14.4 Å². The second kappa shape index (κ2) is 11.6. The zero-order valence-corrected chi connectivity index (χ0v) is 30.2. The first-order chi connectivity index (χ1) is 20.7. The summed E-state index contributed by atoms with van der Waals surface area (Å²) in [6.07, 6.45) is 3.64. The Bertz CT molecular complexity index is 1960. The van der Waals surface area contributed by atoms with E-state index in [4.69, 9.17) is 4.42 Å². The zero-order valence-electron chi connectivity index (χ0n) is 27.8. The van der Waals surface area contributed by atoms with Crippen LogP contribution in [0.2, 0.25) is 0 Å². The summed E-state index contributed by atoms with van der Waals surface area (Å²) < 4.78 is 6.20. The zero-order chi connectivity index (χ0) is 31.5. The minimum absolute atomic E-state index is 0. The molecule has 45 heavy (non-hydrogen) atoms. The van der Waals surface area contributed by atoms with Crippen LogP contribution in [0.15, 0.2) is 95.7 Å². The monoisotopic (exact) mass is 771 g/mol. The molecule has 1 radical (unpaired) electrons. The molecule has 0 atom stereocenters. The molecule has 7 rings (SSSR count). The van der Waals surface area contributed by atoms with E-state index in [2.05, 4.69) is 127 Å². The third-order valence-electron chi connectivity index (χ3n) is 10.6. The van der Waals surface area contributed by atoms with Crippen molar-refractivity contribution in [1.29, 1.82) is 0 Å². The predicted molar refractivity (Wildman–Crippen MR) is 183 cm³/mol. The van der Waals surface area contributed by atoms with Gasteiger partial charge in [-0.1, -0.05) is 110 Å². The summed E-state index contributed by atoms with van der Waals surface area (Å²) in [7, 11) is 0. The number of furan rings is 1. The number of fused-ring (bicyclic) bond motifs is 4. The topological polar surface area (TPSA) is 38.9 Å². The van der Waals surface area contributed by atoms with Crippen molar-refractivity contribution in [3.8, 4) is 22.5 Å². The van der Waals surface area contributed by atoms with Crippen LogP contribution in [0.1, 0.15) is 79.0 Å². The molecule has 3 aromatic carbocycles. The Hall–Kier alpha value is -3.59. The van der Waals surface area contributed by atoms with E-state index in [1.54, 1.807) is 6.20 Å². The number of hydrogen-bond acceptors (Lipinski definition) is 3. The molecule has 0 bridgehead atoms. The van der Waals surface area contributed by atoms with E-state index < -0.39 is 0 Å². The molecule has 4 heteroatoms. The Morgan fingerprint density at radius 3 is 1.96 bits per heavy atom. The van der Waals surface area contributed by atoms with Crippen LogP contribution >= 0.6 is 0 Å². The van der Waals surface area contributed by atoms with Gasteiger partial charge in [0, 0.05) is 37.9 Å². The van der Waals surface area contributed by atoms with Gasteiger partial charge in [0.2, 0.25) is 0 Å². The first-order valence-corrected chi connectivity index (χ1v) is 15.5. The summed E-state index contributed by atoms with van der Waals surface area (Å²) in [5.74, 6) is 0. The van der Waals surface area contributed by atoms with Crippen molar-refractivity contribution in [2.75, 3.05) is 0 Å². The molecular formula is C41H42IrN2O-2. The molecule has 0 spiro atoms. The van der Waals surface area contributed by atoms with Gasteiger partial charge in [0.05, 0.1) is 5.58 Å². The summed E-state index contributed by atoms with van der Waals surface area (Å²) in [4.78, 5) is 8.90. The van der Waals surface area contributed by atoms with Gasteiger partial charge in [0.15, 0.2) is 0 Å². The van der Waals surface area contributed by atoms with E-state index >= 15 is 0 Å². The molecule has 1 aliphatic carbocycles. The molecule has 233 valence electrons. The smallest absolute Gasteiger partial charge is 0.121 e. The van der Waals surface area contributed by atoms with Crippen molar-refractivity contribution < 1.29 is 24.5 Å². The number of nitrogens with zero attached hydrogens (tertiary/aromatic N) is 2. The largest absolute Gasteiger partial charge is 0.501 e. The first kappa shape index (κ1) is 32.8. The van der Waals surface area contributed by atoms with Crippen LogP contribution in [0.4, 0.5) is 0 Å². The molecule has 0 aliphatic heterocycles. The predicted octanol–water partition coefficient (Wildman–Crippen LogP) is 10.9. The van der Waals surface area contributed by atoms with Crippen molar-refractivity contribution in [2.45, 2.75) is 78.6 Å². The number of pyridine rings is 2. The number of hydrogen-bond donors (Lipinski definition) is 0. The van der Waals surface area contributed by atoms with Crippen LogP contribution in [-0.2, 0) is 36.4 Å². The fourth-order valence-corrected chi connectivity index (χ4v) is 6.56. The molecule has 0 amide bonds. The second-order valence-electron chi connectivity index (χ2n) is 14.6. The average Bonchev–Trinajstić information content (AvgIpc) is 3.43. The van der Waals surface area contributed by atoms with Gasteiger partial charge in [-0.05, 0) is 56.8 Å². The van der Waals surface area contributed by atoms with E-state index in [0.717, 1.165) is 44.5 Å². The van der Waals surface area contributed by atoms with Crippen LogP contribution < -0.4 is 0 Å². The normalized spacial score (nSPS) is 16.0. The quantitative estimate of drug-likeness (QED) is 0.165. The van der Waals surface area contributed by atoms with Gasteiger partial charge >= 0.3 is 0 Å². The van der Waals surface area contributed by atoms with E-state index in [1.807, 2.05) is 42.6 Å². The maximum atomic E-state index is 6.20. The molecule has 3 aromatic heterocycles. The third kappa shape index (κ3) is 5.47. The van der Waals surface area contributed by atoms with Crippen molar-refractivity contribution in [1.82, 2.24) is 9.97 Å². The van der Waals surface area contributed by atoms with E-state index in [9.17, 15) is 0 Å². The first-order valence-electron chi connectivity index (χ1n) is 15.5. The second-order valence-corrected chi connectivity index (χ2v) is 14.6. The molecule has 3 nitrogen and oxygen atoms in total. The Labute approximate surface area is 281 Å². The van der Waals surface area contributed by atoms with Gasteiger partial charge in [-0.25, -0.2) is 0 Å². The van der Waals surface area contributed by atoms with Gasteiger partial charge in [0.1, 0.15) is 5.58 Å². The Kier molecular flexibility index (Phi) is 8.49.